The van der Waals surface area contributed by atoms with Gasteiger partial charge in [-0.1, -0.05) is 41.3 Å². The van der Waals surface area contributed by atoms with E-state index in [0.29, 0.717) is 12.4 Å². The third-order valence-electron chi connectivity index (χ3n) is 2.70. The minimum Gasteiger partial charge on any atom is -0.491 e. The largest absolute Gasteiger partial charge is 0.491 e. The summed E-state index contributed by atoms with van der Waals surface area (Å²) in [5.74, 6) is 1.17. The maximum atomic E-state index is 11.9. The van der Waals surface area contributed by atoms with Crippen molar-refractivity contribution in [2.75, 3.05) is 12.4 Å². The van der Waals surface area contributed by atoms with E-state index in [1.54, 1.807) is 5.51 Å². The van der Waals surface area contributed by atoms with Gasteiger partial charge in [-0.2, -0.15) is 0 Å². The third kappa shape index (κ3) is 2.87. The summed E-state index contributed by atoms with van der Waals surface area (Å²) in [5.41, 5.74) is 2.69. The Bertz CT molecular complexity index is 574. The second kappa shape index (κ2) is 5.58. The Morgan fingerprint density at radius 2 is 2.42 bits per heavy atom. The first-order chi connectivity index (χ1) is 9.33. The fraction of sp³-hybridized carbons (Fsp3) is 0.250. The monoisotopic (exact) mass is 293 g/mol. The number of fused-ring (bicyclic) bond motifs is 1. The zero-order valence-corrected chi connectivity index (χ0v) is 11.5. The Morgan fingerprint density at radius 3 is 3.26 bits per heavy atom. The van der Waals surface area contributed by atoms with Crippen molar-refractivity contribution in [2.45, 2.75) is 10.4 Å². The molecule has 19 heavy (non-hydrogen) atoms. The van der Waals surface area contributed by atoms with Gasteiger partial charge in [-0.3, -0.25) is 4.79 Å². The van der Waals surface area contributed by atoms with Crippen LogP contribution in [0.4, 0.5) is 0 Å². The molecule has 3 rings (SSSR count). The van der Waals surface area contributed by atoms with Crippen molar-refractivity contribution in [1.29, 1.82) is 0 Å². The molecule has 0 saturated carbocycles. The summed E-state index contributed by atoms with van der Waals surface area (Å²) in [5, 5.41) is 10.6. The van der Waals surface area contributed by atoms with Gasteiger partial charge in [0, 0.05) is 5.56 Å². The number of carbonyl (C=O) groups excluding carboxylic acids is 1. The number of hydrogen-bond donors (Lipinski definition) is 1. The van der Waals surface area contributed by atoms with Crippen LogP contribution >= 0.6 is 23.1 Å². The molecule has 1 N–H and O–H groups in total. The number of aromatic nitrogens is 2. The van der Waals surface area contributed by atoms with Crippen LogP contribution in [-0.4, -0.2) is 28.5 Å². The molecule has 2 aromatic rings. The second-order valence-electron chi connectivity index (χ2n) is 3.96. The van der Waals surface area contributed by atoms with Crippen molar-refractivity contribution < 1.29 is 9.53 Å². The van der Waals surface area contributed by atoms with Gasteiger partial charge in [-0.15, -0.1) is 10.2 Å². The molecule has 2 heterocycles. The Labute approximate surface area is 118 Å². The number of thioether (sulfide) groups is 1. The minimum absolute atomic E-state index is 0.0227. The van der Waals surface area contributed by atoms with Gasteiger partial charge in [-0.05, 0) is 6.07 Å². The van der Waals surface area contributed by atoms with E-state index in [1.807, 2.05) is 24.3 Å². The minimum atomic E-state index is -0.0567. The maximum absolute atomic E-state index is 11.9. The molecule has 1 aliphatic heterocycles. The zero-order valence-electron chi connectivity index (χ0n) is 9.91. The van der Waals surface area contributed by atoms with Crippen LogP contribution in [-0.2, 0) is 4.79 Å². The van der Waals surface area contributed by atoms with Crippen molar-refractivity contribution in [3.8, 4) is 5.75 Å². The van der Waals surface area contributed by atoms with Crippen molar-refractivity contribution >= 4 is 29.0 Å². The van der Waals surface area contributed by atoms with Crippen LogP contribution in [0.5, 0.6) is 5.75 Å². The SMILES string of the molecule is O=C(CSc1nncs1)NC1COc2ccccc21. The second-order valence-corrected chi connectivity index (χ2v) is 6.02. The summed E-state index contributed by atoms with van der Waals surface area (Å²) in [6, 6.07) is 7.71. The van der Waals surface area contributed by atoms with Crippen LogP contribution in [0.25, 0.3) is 0 Å². The number of hydrogen-bond acceptors (Lipinski definition) is 6. The van der Waals surface area contributed by atoms with Crippen LogP contribution in [0.3, 0.4) is 0 Å². The van der Waals surface area contributed by atoms with E-state index in [-0.39, 0.29) is 11.9 Å². The van der Waals surface area contributed by atoms with Gasteiger partial charge < -0.3 is 10.1 Å². The Hall–Kier alpha value is -1.60. The topological polar surface area (TPSA) is 64.1 Å². The van der Waals surface area contributed by atoms with Gasteiger partial charge in [0.05, 0.1) is 11.8 Å². The number of nitrogens with one attached hydrogen (secondary N) is 1. The fourth-order valence-corrected chi connectivity index (χ4v) is 3.17. The van der Waals surface area contributed by atoms with E-state index in [0.717, 1.165) is 15.7 Å². The van der Waals surface area contributed by atoms with Gasteiger partial charge in [0.15, 0.2) is 4.34 Å². The summed E-state index contributed by atoms with van der Waals surface area (Å²) < 4.78 is 6.32. The van der Waals surface area contributed by atoms with E-state index >= 15 is 0 Å². The molecule has 1 atom stereocenters. The Morgan fingerprint density at radius 1 is 1.53 bits per heavy atom. The molecule has 0 fully saturated rings. The number of rotatable bonds is 4. The summed E-state index contributed by atoms with van der Waals surface area (Å²) in [4.78, 5) is 11.9. The molecule has 1 aliphatic rings. The highest BCUT2D eigenvalue weighted by Crippen LogP contribution is 2.31. The summed E-state index contributed by atoms with van der Waals surface area (Å²) in [6.07, 6.45) is 0. The van der Waals surface area contributed by atoms with E-state index in [9.17, 15) is 4.79 Å². The van der Waals surface area contributed by atoms with Gasteiger partial charge in [-0.25, -0.2) is 0 Å². The molecule has 98 valence electrons. The molecule has 1 amide bonds. The Kier molecular flexibility index (Phi) is 3.65. The molecule has 5 nitrogen and oxygen atoms in total. The number of nitrogens with zero attached hydrogens (tertiary/aromatic N) is 2. The summed E-state index contributed by atoms with van der Waals surface area (Å²) in [7, 11) is 0. The summed E-state index contributed by atoms with van der Waals surface area (Å²) in [6.45, 7) is 0.495. The highest BCUT2D eigenvalue weighted by molar-refractivity contribution is 8.01. The van der Waals surface area contributed by atoms with E-state index in [2.05, 4.69) is 15.5 Å². The van der Waals surface area contributed by atoms with E-state index in [1.165, 1.54) is 23.1 Å². The lowest BCUT2D eigenvalue weighted by molar-refractivity contribution is -0.119. The normalized spacial score (nSPS) is 16.7. The fourth-order valence-electron chi connectivity index (χ4n) is 1.87. The lowest BCUT2D eigenvalue weighted by Gasteiger charge is -2.10. The molecule has 1 unspecified atom stereocenters. The number of ether oxygens (including phenoxy) is 1. The smallest absolute Gasteiger partial charge is 0.231 e. The number of para-hydroxylation sites is 1. The predicted molar refractivity (Wildman–Crippen MR) is 73.5 cm³/mol. The molecule has 1 aromatic carbocycles. The van der Waals surface area contributed by atoms with E-state index < -0.39 is 0 Å². The molecular formula is C12H11N3O2S2. The lowest BCUT2D eigenvalue weighted by Crippen LogP contribution is -2.30. The molecule has 0 spiro atoms. The quantitative estimate of drug-likeness (QED) is 0.872. The summed E-state index contributed by atoms with van der Waals surface area (Å²) >= 11 is 2.82. The Balaban J connectivity index is 1.56. The van der Waals surface area contributed by atoms with Gasteiger partial charge in [0.2, 0.25) is 5.91 Å². The zero-order chi connectivity index (χ0) is 13.1. The van der Waals surface area contributed by atoms with Crippen LogP contribution in [0.1, 0.15) is 11.6 Å². The molecule has 0 saturated heterocycles. The highest BCUT2D eigenvalue weighted by Gasteiger charge is 2.24. The van der Waals surface area contributed by atoms with Crippen LogP contribution in [0.2, 0.25) is 0 Å². The van der Waals surface area contributed by atoms with Crippen molar-refractivity contribution in [3.05, 3.63) is 35.3 Å². The molecule has 1 aromatic heterocycles. The lowest BCUT2D eigenvalue weighted by atomic mass is 10.1. The molecule has 7 heteroatoms. The van der Waals surface area contributed by atoms with Crippen molar-refractivity contribution in [3.63, 3.8) is 0 Å². The maximum Gasteiger partial charge on any atom is 0.231 e. The number of amides is 1. The van der Waals surface area contributed by atoms with E-state index in [4.69, 9.17) is 4.74 Å². The van der Waals surface area contributed by atoms with Gasteiger partial charge >= 0.3 is 0 Å². The van der Waals surface area contributed by atoms with Gasteiger partial charge in [0.1, 0.15) is 17.9 Å². The van der Waals surface area contributed by atoms with Crippen LogP contribution in [0, 0.1) is 0 Å². The molecule has 0 bridgehead atoms. The molecule has 0 radical (unpaired) electrons. The first kappa shape index (κ1) is 12.4. The highest BCUT2D eigenvalue weighted by atomic mass is 32.2. The van der Waals surface area contributed by atoms with Crippen LogP contribution < -0.4 is 10.1 Å². The van der Waals surface area contributed by atoms with Gasteiger partial charge in [0.25, 0.3) is 0 Å². The predicted octanol–water partition coefficient (Wildman–Crippen LogP) is 1.88. The molecule has 0 aliphatic carbocycles. The molecular weight excluding hydrogens is 282 g/mol. The first-order valence-corrected chi connectivity index (χ1v) is 7.59. The standard InChI is InChI=1S/C12H11N3O2S2/c16-11(6-18-12-15-13-7-19-12)14-9-5-17-10-4-2-1-3-8(9)10/h1-4,7,9H,5-6H2,(H,14,16). The average molecular weight is 293 g/mol. The third-order valence-corrected chi connectivity index (χ3v) is 4.56. The van der Waals surface area contributed by atoms with Crippen molar-refractivity contribution in [2.24, 2.45) is 0 Å². The number of carbonyl (C=O) groups is 1. The average Bonchev–Trinajstić information content (AvgIpc) is 3.07. The van der Waals surface area contributed by atoms with Crippen molar-refractivity contribution in [1.82, 2.24) is 15.5 Å². The number of benzene rings is 1. The van der Waals surface area contributed by atoms with Crippen LogP contribution in [0.15, 0.2) is 34.1 Å². The first-order valence-electron chi connectivity index (χ1n) is 5.73.